The number of anilines is 4. The number of H-pyrrole nitrogens is 1. The predicted molar refractivity (Wildman–Crippen MR) is 296 cm³/mol. The van der Waals surface area contributed by atoms with Gasteiger partial charge in [-0.15, -0.1) is 0 Å². The normalized spacial score (nSPS) is 25.8. The number of hydrogen-bond donors (Lipinski definition) is 3. The average Bonchev–Trinajstić information content (AvgIpc) is 4.13. The number of piperazine rings is 1. The van der Waals surface area contributed by atoms with Crippen LogP contribution in [-0.4, -0.2) is 154 Å². The minimum absolute atomic E-state index is 0.0287. The lowest BCUT2D eigenvalue weighted by Gasteiger charge is -2.58. The Morgan fingerprint density at radius 1 is 0.886 bits per heavy atom. The third-order valence-electron chi connectivity index (χ3n) is 18.2. The summed E-state index contributed by atoms with van der Waals surface area (Å²) < 4.78 is 67.7. The van der Waals surface area contributed by atoms with Gasteiger partial charge in [0, 0.05) is 106 Å². The van der Waals surface area contributed by atoms with Gasteiger partial charge in [-0.25, -0.2) is 13.1 Å². The highest BCUT2D eigenvalue weighted by molar-refractivity contribution is 7.90. The number of aromatic nitrogens is 2. The van der Waals surface area contributed by atoms with Crippen molar-refractivity contribution in [2.45, 2.75) is 119 Å². The quantitative estimate of drug-likeness (QED) is 0.0798. The van der Waals surface area contributed by atoms with E-state index in [0.29, 0.717) is 67.8 Å². The molecule has 8 aliphatic rings. The van der Waals surface area contributed by atoms with Gasteiger partial charge in [-0.2, -0.15) is 4.98 Å². The van der Waals surface area contributed by atoms with E-state index < -0.39 is 37.5 Å². The predicted octanol–water partition coefficient (Wildman–Crippen LogP) is 7.95. The van der Waals surface area contributed by atoms with Crippen molar-refractivity contribution in [1.82, 2.24) is 24.5 Å². The molecule has 3 aromatic carbocycles. The Balaban J connectivity index is 0.779. The van der Waals surface area contributed by atoms with E-state index in [1.54, 1.807) is 6.07 Å². The van der Waals surface area contributed by atoms with Crippen LogP contribution in [-0.2, 0) is 24.2 Å². The molecule has 6 fully saturated rings. The van der Waals surface area contributed by atoms with E-state index in [2.05, 4.69) is 72.7 Å². The summed E-state index contributed by atoms with van der Waals surface area (Å²) in [6, 6.07) is 20.9. The number of rotatable bonds is 12. The number of hydrogen-bond acceptors (Lipinski definition) is 17. The maximum Gasteiger partial charge on any atom is 0.297 e. The first-order valence-corrected chi connectivity index (χ1v) is 30.0. The number of nitrogens with one attached hydrogen (secondary N) is 3. The number of para-hydroxylation sites is 1. The molecule has 1 aliphatic carbocycles. The number of nitro groups is 1. The van der Waals surface area contributed by atoms with Gasteiger partial charge >= 0.3 is 0 Å². The van der Waals surface area contributed by atoms with Gasteiger partial charge < -0.3 is 48.5 Å². The lowest BCUT2D eigenvalue weighted by molar-refractivity contribution is -0.384. The molecule has 1 saturated carbocycles. The maximum absolute atomic E-state index is 14.9. The topological polar surface area (TPSA) is 215 Å². The second-order valence-corrected chi connectivity index (χ2v) is 25.0. The Morgan fingerprint density at radius 2 is 1.70 bits per heavy atom. The summed E-state index contributed by atoms with van der Waals surface area (Å²) in [4.78, 5) is 44.4. The Bertz CT molecular complexity index is 3200. The molecule has 9 heterocycles. The lowest BCUT2D eigenvalue weighted by atomic mass is 9.59. The molecule has 2 aromatic heterocycles. The fraction of sp³-hybridized carbons (Fsp3) is 0.552. The zero-order valence-corrected chi connectivity index (χ0v) is 45.8. The Hall–Kier alpha value is -6.23. The Kier molecular flexibility index (Phi) is 14.1. The molecule has 420 valence electrons. The molecule has 0 unspecified atom stereocenters. The Morgan fingerprint density at radius 3 is 2.49 bits per heavy atom. The molecule has 5 atom stereocenters. The van der Waals surface area contributed by atoms with E-state index in [0.717, 1.165) is 114 Å². The second kappa shape index (κ2) is 21.3. The van der Waals surface area contributed by atoms with Crippen LogP contribution in [0, 0.1) is 21.4 Å². The number of piperidine rings is 1. The lowest BCUT2D eigenvalue weighted by Crippen LogP contribution is -2.61. The van der Waals surface area contributed by atoms with Crippen LogP contribution in [0.3, 0.4) is 0 Å². The summed E-state index contributed by atoms with van der Waals surface area (Å²) >= 11 is 0. The van der Waals surface area contributed by atoms with Crippen molar-refractivity contribution < 1.29 is 46.6 Å². The van der Waals surface area contributed by atoms with E-state index in [1.807, 2.05) is 30.5 Å². The number of nitrogens with zero attached hydrogens (tertiary/aromatic N) is 6. The summed E-state index contributed by atoms with van der Waals surface area (Å²) in [6.07, 6.45) is 10.1. The highest BCUT2D eigenvalue weighted by Crippen LogP contribution is 2.54. The third kappa shape index (κ3) is 10.1. The summed E-state index contributed by atoms with van der Waals surface area (Å²) in [5.74, 6) is 0.633. The molecule has 13 rings (SSSR count). The summed E-state index contributed by atoms with van der Waals surface area (Å²) in [6.45, 7) is 12.5. The van der Waals surface area contributed by atoms with Crippen molar-refractivity contribution in [1.29, 1.82) is 0 Å². The second-order valence-electron chi connectivity index (χ2n) is 23.3. The molecule has 5 saturated heterocycles. The van der Waals surface area contributed by atoms with Crippen LogP contribution in [0.25, 0.3) is 11.0 Å². The number of aromatic amines is 1. The van der Waals surface area contributed by atoms with E-state index in [-0.39, 0.29) is 59.2 Å². The number of amides is 1. The summed E-state index contributed by atoms with van der Waals surface area (Å²) in [5, 5.41) is 16.7. The first-order valence-electron chi connectivity index (χ1n) is 28.5. The van der Waals surface area contributed by atoms with Crippen molar-refractivity contribution in [2.75, 3.05) is 94.1 Å². The number of carbonyl (C=O) groups is 1. The standard InChI is InChI=1S/C58H71N9O11S/c1-36(2)77-51-8-4-3-7-43(51)50-32-64(40-6-5-22-74-33-40)20-21-65(50)41-30-58(31-41)15-18-63(19-16-58)39-9-10-44(47(27-39)66-46-14-25-75-35-53(46)78-57-49(66)26-38-11-17-59-55(38)61-57)56(68)62-79(71,72)42-28-48(67(69)70)54-52(29-42)76-34-45(60-54)37-12-23-73-24-13-37/h3-4,7-11,17,26-29,36-37,40-41,45-46,50,53,60H,5-6,12-16,18-25,30-35H2,1-2H3,(H,59,61)(H,62,68)/t40-,45+,46+,50+,53+/m1/s1. The van der Waals surface area contributed by atoms with Crippen molar-refractivity contribution in [3.8, 4) is 17.4 Å². The largest absolute Gasteiger partial charge is 0.491 e. The van der Waals surface area contributed by atoms with E-state index >= 15 is 0 Å². The number of fused-ring (bicyclic) bond motifs is 4. The minimum Gasteiger partial charge on any atom is -0.491 e. The van der Waals surface area contributed by atoms with Gasteiger partial charge in [-0.3, -0.25) is 24.7 Å². The monoisotopic (exact) mass is 1100 g/mol. The number of ether oxygens (including phenoxy) is 6. The van der Waals surface area contributed by atoms with Crippen LogP contribution >= 0.6 is 0 Å². The number of carbonyl (C=O) groups excluding carboxylic acids is 1. The molecule has 21 heteroatoms. The van der Waals surface area contributed by atoms with Gasteiger partial charge in [0.1, 0.15) is 29.8 Å². The molecule has 0 radical (unpaired) electrons. The molecule has 5 aromatic rings. The van der Waals surface area contributed by atoms with Crippen LogP contribution in [0.4, 0.5) is 28.4 Å². The van der Waals surface area contributed by atoms with Crippen LogP contribution in [0.15, 0.2) is 77.8 Å². The summed E-state index contributed by atoms with van der Waals surface area (Å²) in [5.41, 5.74) is 3.90. The Labute approximate surface area is 460 Å². The molecule has 3 N–H and O–H groups in total. The fourth-order valence-electron chi connectivity index (χ4n) is 14.0. The molecular weight excluding hydrogens is 1030 g/mol. The zero-order chi connectivity index (χ0) is 54.0. The molecule has 1 spiro atoms. The van der Waals surface area contributed by atoms with Crippen molar-refractivity contribution in [3.63, 3.8) is 0 Å². The smallest absolute Gasteiger partial charge is 0.297 e. The zero-order valence-electron chi connectivity index (χ0n) is 45.0. The minimum atomic E-state index is -4.71. The van der Waals surface area contributed by atoms with Gasteiger partial charge in [-0.05, 0) is 119 Å². The van der Waals surface area contributed by atoms with Gasteiger partial charge in [-0.1, -0.05) is 18.2 Å². The van der Waals surface area contributed by atoms with Crippen molar-refractivity contribution in [2.24, 2.45) is 11.3 Å². The first-order chi connectivity index (χ1) is 38.4. The van der Waals surface area contributed by atoms with Crippen molar-refractivity contribution in [3.05, 3.63) is 94.2 Å². The molecule has 1 amide bonds. The number of benzene rings is 3. The molecule has 79 heavy (non-hydrogen) atoms. The van der Waals surface area contributed by atoms with Gasteiger partial charge in [0.05, 0.1) is 58.5 Å². The molecule has 0 bridgehead atoms. The van der Waals surface area contributed by atoms with E-state index in [1.165, 1.54) is 18.1 Å². The van der Waals surface area contributed by atoms with Crippen LogP contribution in [0.2, 0.25) is 0 Å². The maximum atomic E-state index is 14.9. The van der Waals surface area contributed by atoms with Gasteiger partial charge in [0.15, 0.2) is 11.4 Å². The summed E-state index contributed by atoms with van der Waals surface area (Å²) in [7, 11) is -4.71. The van der Waals surface area contributed by atoms with Crippen LogP contribution in [0.1, 0.15) is 93.6 Å². The highest BCUT2D eigenvalue weighted by Gasteiger charge is 2.51. The van der Waals surface area contributed by atoms with Crippen LogP contribution < -0.4 is 34.0 Å². The molecule has 7 aliphatic heterocycles. The average molecular weight is 1100 g/mol. The van der Waals surface area contributed by atoms with E-state index in [4.69, 9.17) is 33.4 Å². The first kappa shape index (κ1) is 52.2. The number of nitro benzene ring substituents is 1. The highest BCUT2D eigenvalue weighted by atomic mass is 32.2. The molecular formula is C58H71N9O11S. The molecule has 20 nitrogen and oxygen atoms in total. The van der Waals surface area contributed by atoms with E-state index in [9.17, 15) is 23.3 Å². The van der Waals surface area contributed by atoms with Gasteiger partial charge in [0.25, 0.3) is 21.6 Å². The number of pyridine rings is 1. The third-order valence-corrected chi connectivity index (χ3v) is 19.5. The SMILES string of the molecule is CC(C)Oc1ccccc1[C@@H]1CN([C@@H]2CCCOC2)CCN1C1CC2(CCN(c3ccc(C(=O)NS(=O)(=O)c4cc5c(c([N+](=O)[O-])c4)N[C@H](C4CCOCC4)CO5)c(N4c5cc6cc[nH]c6nc5O[C@H]5COCC[C@@H]54)c3)CC2)C1. The van der Waals surface area contributed by atoms with Crippen LogP contribution in [0.5, 0.6) is 17.4 Å². The number of sulfonamides is 1. The van der Waals surface area contributed by atoms with Crippen molar-refractivity contribution >= 4 is 55.4 Å². The van der Waals surface area contributed by atoms with Gasteiger partial charge in [0.2, 0.25) is 5.88 Å². The fourth-order valence-corrected chi connectivity index (χ4v) is 15.0.